The number of carbonyl (C=O) groups excluding carboxylic acids is 1. The number of benzene rings is 2. The van der Waals surface area contributed by atoms with E-state index in [0.29, 0.717) is 25.0 Å². The molecule has 2 aromatic heterocycles. The average molecular weight is 608 g/mol. The van der Waals surface area contributed by atoms with Gasteiger partial charge in [0.05, 0.1) is 6.20 Å². The number of hydrogen-bond acceptors (Lipinski definition) is 8. The molecule has 10 nitrogen and oxygen atoms in total. The Morgan fingerprint density at radius 1 is 1.07 bits per heavy atom. The van der Waals surface area contributed by atoms with Crippen molar-refractivity contribution in [1.29, 1.82) is 0 Å². The van der Waals surface area contributed by atoms with Crippen molar-refractivity contribution in [2.45, 2.75) is 51.6 Å². The van der Waals surface area contributed by atoms with Crippen molar-refractivity contribution >= 4 is 35.2 Å². The van der Waals surface area contributed by atoms with E-state index in [0.717, 1.165) is 60.8 Å². The molecule has 10 heteroatoms. The number of piperidine rings is 1. The number of allylic oxidation sites excluding steroid dienone is 1. The van der Waals surface area contributed by atoms with Crippen molar-refractivity contribution in [2.24, 2.45) is 5.73 Å². The van der Waals surface area contributed by atoms with Gasteiger partial charge in [-0.25, -0.2) is 0 Å². The van der Waals surface area contributed by atoms with Crippen molar-refractivity contribution in [2.75, 3.05) is 49.3 Å². The molecule has 0 saturated carbocycles. The summed E-state index contributed by atoms with van der Waals surface area (Å²) >= 11 is 0. The fraction of sp³-hybridized carbons (Fsp3) is 0.371. The van der Waals surface area contributed by atoms with Gasteiger partial charge in [0.2, 0.25) is 17.8 Å². The minimum Gasteiger partial charge on any atom is -0.350 e. The number of aromatic nitrogens is 4. The summed E-state index contributed by atoms with van der Waals surface area (Å²) in [6, 6.07) is 16.5. The van der Waals surface area contributed by atoms with Crippen molar-refractivity contribution < 1.29 is 4.79 Å². The molecule has 0 radical (unpaired) electrons. The number of amides is 1. The van der Waals surface area contributed by atoms with E-state index in [9.17, 15) is 4.79 Å². The molecule has 0 bridgehead atoms. The second-order valence-electron chi connectivity index (χ2n) is 12.2. The van der Waals surface area contributed by atoms with Gasteiger partial charge in [-0.15, -0.1) is 0 Å². The van der Waals surface area contributed by atoms with Crippen LogP contribution in [0.4, 0.5) is 17.6 Å². The Kier molecular flexibility index (Phi) is 10.6. The maximum atomic E-state index is 12.3. The summed E-state index contributed by atoms with van der Waals surface area (Å²) in [7, 11) is 3.93. The maximum Gasteiger partial charge on any atom is 0.248 e. The lowest BCUT2D eigenvalue weighted by molar-refractivity contribution is -0.111. The standard InChI is InChI=1S/C35H45N9O/c1-25(2)31-24-38-44-33(31)40-35(43-20-17-29(36)18-21-43)41-34(44)37-23-28-13-6-5-12-27(28)14-7-10-26-11-8-15-30(22-26)39-32(45)16-9-19-42(3)4/h5-13,15-16,22,24-25,29H,14,17-21,23,36H2,1-4H3,(H,39,45)(H,37,40,41)/b10-7-,16-9+. The van der Waals surface area contributed by atoms with E-state index in [4.69, 9.17) is 15.7 Å². The molecule has 0 aliphatic carbocycles. The highest BCUT2D eigenvalue weighted by atomic mass is 16.1. The van der Waals surface area contributed by atoms with Gasteiger partial charge in [0, 0.05) is 49.5 Å². The Morgan fingerprint density at radius 2 is 1.84 bits per heavy atom. The summed E-state index contributed by atoms with van der Waals surface area (Å²) in [6.07, 6.45) is 12.2. The van der Waals surface area contributed by atoms with Crippen LogP contribution < -0.4 is 21.3 Å². The number of nitrogens with zero attached hydrogens (tertiary/aromatic N) is 6. The molecular weight excluding hydrogens is 562 g/mol. The summed E-state index contributed by atoms with van der Waals surface area (Å²) in [6.45, 7) is 7.33. The molecule has 4 N–H and O–H groups in total. The van der Waals surface area contributed by atoms with E-state index >= 15 is 0 Å². The molecule has 1 amide bonds. The molecule has 5 rings (SSSR count). The Bertz CT molecular complexity index is 1650. The van der Waals surface area contributed by atoms with E-state index in [2.05, 4.69) is 70.9 Å². The van der Waals surface area contributed by atoms with Crippen LogP contribution in [0.5, 0.6) is 0 Å². The fourth-order valence-corrected chi connectivity index (χ4v) is 5.35. The first-order valence-electron chi connectivity index (χ1n) is 15.7. The topological polar surface area (TPSA) is 117 Å². The number of anilines is 3. The van der Waals surface area contributed by atoms with Gasteiger partial charge >= 0.3 is 0 Å². The lowest BCUT2D eigenvalue weighted by Gasteiger charge is -2.30. The normalized spacial score (nSPS) is 14.4. The molecule has 0 atom stereocenters. The second kappa shape index (κ2) is 15.0. The number of nitrogens with two attached hydrogens (primary N) is 1. The molecule has 236 valence electrons. The van der Waals surface area contributed by atoms with E-state index < -0.39 is 0 Å². The summed E-state index contributed by atoms with van der Waals surface area (Å²) < 4.78 is 1.82. The van der Waals surface area contributed by atoms with Gasteiger partial charge in [-0.1, -0.05) is 68.5 Å². The quantitative estimate of drug-likeness (QED) is 0.191. The molecule has 1 fully saturated rings. The zero-order valence-corrected chi connectivity index (χ0v) is 26.8. The van der Waals surface area contributed by atoms with Gasteiger partial charge in [-0.05, 0) is 68.1 Å². The highest BCUT2D eigenvalue weighted by Crippen LogP contribution is 2.25. The average Bonchev–Trinajstić information content (AvgIpc) is 3.45. The molecule has 0 unspecified atom stereocenters. The molecule has 1 aliphatic heterocycles. The Labute approximate surface area is 266 Å². The highest BCUT2D eigenvalue weighted by Gasteiger charge is 2.22. The minimum atomic E-state index is -0.136. The Hall–Kier alpha value is -4.54. The smallest absolute Gasteiger partial charge is 0.248 e. The lowest BCUT2D eigenvalue weighted by atomic mass is 10.0. The van der Waals surface area contributed by atoms with Crippen LogP contribution in [0.3, 0.4) is 0 Å². The van der Waals surface area contributed by atoms with Crippen molar-refractivity contribution in [3.63, 3.8) is 0 Å². The molecule has 3 heterocycles. The van der Waals surface area contributed by atoms with Crippen LogP contribution >= 0.6 is 0 Å². The van der Waals surface area contributed by atoms with Crippen LogP contribution in [0.15, 0.2) is 73.0 Å². The Morgan fingerprint density at radius 3 is 2.60 bits per heavy atom. The maximum absolute atomic E-state index is 12.3. The van der Waals surface area contributed by atoms with Crippen LogP contribution in [0.2, 0.25) is 0 Å². The van der Waals surface area contributed by atoms with Crippen LogP contribution in [0, 0.1) is 0 Å². The van der Waals surface area contributed by atoms with Gasteiger partial charge in [0.25, 0.3) is 0 Å². The van der Waals surface area contributed by atoms with Crippen molar-refractivity contribution in [3.8, 4) is 0 Å². The second-order valence-corrected chi connectivity index (χ2v) is 12.2. The predicted octanol–water partition coefficient (Wildman–Crippen LogP) is 5.10. The van der Waals surface area contributed by atoms with E-state index in [1.54, 1.807) is 6.08 Å². The number of fused-ring (bicyclic) bond motifs is 1. The van der Waals surface area contributed by atoms with E-state index in [1.165, 1.54) is 11.1 Å². The first kappa shape index (κ1) is 31.9. The summed E-state index contributed by atoms with van der Waals surface area (Å²) in [5.74, 6) is 1.56. The number of likely N-dealkylation sites (N-methyl/N-ethyl adjacent to an activating group) is 1. The van der Waals surface area contributed by atoms with Gasteiger partial charge in [-0.3, -0.25) is 4.79 Å². The van der Waals surface area contributed by atoms with Gasteiger partial charge in [0.1, 0.15) is 0 Å². The van der Waals surface area contributed by atoms with Crippen LogP contribution in [-0.2, 0) is 17.8 Å². The van der Waals surface area contributed by atoms with Crippen LogP contribution in [0.25, 0.3) is 11.7 Å². The molecular formula is C35H45N9O. The molecule has 2 aromatic carbocycles. The fourth-order valence-electron chi connectivity index (χ4n) is 5.35. The first-order valence-corrected chi connectivity index (χ1v) is 15.7. The third kappa shape index (κ3) is 8.55. The molecule has 45 heavy (non-hydrogen) atoms. The number of hydrogen-bond donors (Lipinski definition) is 3. The zero-order valence-electron chi connectivity index (χ0n) is 26.8. The van der Waals surface area contributed by atoms with Gasteiger partial charge < -0.3 is 26.2 Å². The van der Waals surface area contributed by atoms with Crippen LogP contribution in [0.1, 0.15) is 54.9 Å². The number of rotatable bonds is 12. The third-order valence-electron chi connectivity index (χ3n) is 7.93. The molecule has 4 aromatic rings. The summed E-state index contributed by atoms with van der Waals surface area (Å²) in [4.78, 5) is 26.4. The molecule has 0 spiro atoms. The number of carbonyl (C=O) groups is 1. The van der Waals surface area contributed by atoms with E-state index in [1.807, 2.05) is 60.0 Å². The van der Waals surface area contributed by atoms with Crippen molar-refractivity contribution in [1.82, 2.24) is 24.5 Å². The minimum absolute atomic E-state index is 0.136. The third-order valence-corrected chi connectivity index (χ3v) is 7.93. The molecule has 1 aliphatic rings. The predicted molar refractivity (Wildman–Crippen MR) is 184 cm³/mol. The summed E-state index contributed by atoms with van der Waals surface area (Å²) in [5.41, 5.74) is 12.3. The summed E-state index contributed by atoms with van der Waals surface area (Å²) in [5, 5.41) is 11.2. The van der Waals surface area contributed by atoms with Gasteiger partial charge in [-0.2, -0.15) is 19.6 Å². The van der Waals surface area contributed by atoms with Gasteiger partial charge in [0.15, 0.2) is 5.65 Å². The SMILES string of the molecule is CC(C)c1cnn2c(NCc3ccccc3C/C=C\c3cccc(NC(=O)/C=C/CN(C)C)c3)nc(N3CCC(N)CC3)nc12. The highest BCUT2D eigenvalue weighted by molar-refractivity contribution is 5.99. The monoisotopic (exact) mass is 607 g/mol. The van der Waals surface area contributed by atoms with E-state index in [-0.39, 0.29) is 11.9 Å². The zero-order chi connectivity index (χ0) is 31.8. The molecule has 1 saturated heterocycles. The lowest BCUT2D eigenvalue weighted by Crippen LogP contribution is -2.40. The first-order chi connectivity index (χ1) is 21.8. The number of nitrogens with one attached hydrogen (secondary N) is 2. The van der Waals surface area contributed by atoms with Crippen molar-refractivity contribution in [3.05, 3.63) is 95.2 Å². The van der Waals surface area contributed by atoms with Crippen LogP contribution in [-0.4, -0.2) is 70.2 Å². The largest absolute Gasteiger partial charge is 0.350 e. The Balaban J connectivity index is 1.28.